The summed E-state index contributed by atoms with van der Waals surface area (Å²) >= 11 is 0. The van der Waals surface area contributed by atoms with Crippen LogP contribution >= 0.6 is 8.58 Å². The first kappa shape index (κ1) is 11.4. The van der Waals surface area contributed by atoms with E-state index in [1.807, 2.05) is 37.0 Å². The largest absolute Gasteiger partial charge is 0.490 e. The molecule has 1 N–H and O–H groups in total. The second kappa shape index (κ2) is 5.29. The fourth-order valence-electron chi connectivity index (χ4n) is 1.57. The monoisotopic (exact) mass is 234 g/mol. The van der Waals surface area contributed by atoms with Crippen molar-refractivity contribution >= 4 is 19.4 Å². The van der Waals surface area contributed by atoms with Gasteiger partial charge in [0.1, 0.15) is 18.2 Å². The average molecular weight is 234 g/mol. The Labute approximate surface area is 97.0 Å². The summed E-state index contributed by atoms with van der Waals surface area (Å²) in [5.41, 5.74) is 0. The van der Waals surface area contributed by atoms with Gasteiger partial charge in [-0.15, -0.1) is 0 Å². The Morgan fingerprint density at radius 2 is 1.94 bits per heavy atom. The molecule has 2 rings (SSSR count). The van der Waals surface area contributed by atoms with E-state index >= 15 is 0 Å². The number of aliphatic hydroxyl groups excluding tert-OH is 1. The minimum atomic E-state index is -0.362. The van der Waals surface area contributed by atoms with Gasteiger partial charge in [0.05, 0.1) is 0 Å². The molecule has 0 radical (unpaired) electrons. The predicted octanol–water partition coefficient (Wildman–Crippen LogP) is 2.85. The number of aliphatic hydroxyl groups is 1. The normalized spacial score (nSPS) is 13.4. The molecule has 84 valence electrons. The molecule has 0 aliphatic heterocycles. The van der Waals surface area contributed by atoms with Gasteiger partial charge < -0.3 is 9.84 Å². The van der Waals surface area contributed by atoms with Gasteiger partial charge in [-0.2, -0.15) is 0 Å². The van der Waals surface area contributed by atoms with Crippen LogP contribution in [-0.4, -0.2) is 24.2 Å². The van der Waals surface area contributed by atoms with Gasteiger partial charge in [0.15, 0.2) is 0 Å². The molecular weight excluding hydrogens is 219 g/mol. The van der Waals surface area contributed by atoms with Crippen molar-refractivity contribution in [3.8, 4) is 5.75 Å². The van der Waals surface area contributed by atoms with E-state index in [2.05, 4.69) is 12.1 Å². The topological polar surface area (TPSA) is 29.5 Å². The maximum absolute atomic E-state index is 9.48. The molecule has 0 spiro atoms. The van der Waals surface area contributed by atoms with Crippen LogP contribution < -0.4 is 4.74 Å². The lowest BCUT2D eigenvalue weighted by Crippen LogP contribution is -2.11. The quantitative estimate of drug-likeness (QED) is 0.824. The minimum Gasteiger partial charge on any atom is -0.490 e. The van der Waals surface area contributed by atoms with Gasteiger partial charge in [0, 0.05) is 5.39 Å². The Balaban J connectivity index is 2.23. The third kappa shape index (κ3) is 2.52. The second-order valence-corrected chi connectivity index (χ2v) is 4.84. The van der Waals surface area contributed by atoms with Crippen LogP contribution in [-0.2, 0) is 0 Å². The Morgan fingerprint density at radius 3 is 2.75 bits per heavy atom. The van der Waals surface area contributed by atoms with Crippen molar-refractivity contribution in [1.82, 2.24) is 0 Å². The number of ether oxygens (including phenoxy) is 1. The number of fused-ring (bicyclic) bond motifs is 1. The fraction of sp³-hybridized carbons (Fsp3) is 0.231. The Hall–Kier alpha value is -1.11. The van der Waals surface area contributed by atoms with Crippen molar-refractivity contribution in [3.63, 3.8) is 0 Å². The number of benzene rings is 2. The molecule has 2 aromatic carbocycles. The highest BCUT2D eigenvalue weighted by molar-refractivity contribution is 7.37. The molecule has 0 heterocycles. The molecule has 0 amide bonds. The summed E-state index contributed by atoms with van der Waals surface area (Å²) in [4.78, 5) is 0. The van der Waals surface area contributed by atoms with Crippen LogP contribution in [0.4, 0.5) is 0 Å². The first-order valence-electron chi connectivity index (χ1n) is 5.27. The molecular formula is C13H15O2P. The van der Waals surface area contributed by atoms with Gasteiger partial charge in [-0.05, 0) is 18.1 Å². The van der Waals surface area contributed by atoms with E-state index < -0.39 is 0 Å². The van der Waals surface area contributed by atoms with E-state index in [1.54, 1.807) is 0 Å². The van der Waals surface area contributed by atoms with Crippen molar-refractivity contribution in [2.75, 3.05) is 13.3 Å². The lowest BCUT2D eigenvalue weighted by Gasteiger charge is -2.12. The van der Waals surface area contributed by atoms with Gasteiger partial charge in [0.25, 0.3) is 0 Å². The van der Waals surface area contributed by atoms with Crippen LogP contribution in [0.5, 0.6) is 5.75 Å². The summed E-state index contributed by atoms with van der Waals surface area (Å²) in [6.45, 7) is 2.33. The zero-order valence-electron chi connectivity index (χ0n) is 9.18. The molecule has 0 fully saturated rings. The lowest BCUT2D eigenvalue weighted by atomic mass is 10.1. The summed E-state index contributed by atoms with van der Waals surface area (Å²) < 4.78 is 5.63. The number of hydrogen-bond donors (Lipinski definition) is 1. The zero-order valence-corrected chi connectivity index (χ0v) is 10.2. The Kier molecular flexibility index (Phi) is 3.76. The minimum absolute atomic E-state index is 0.362. The van der Waals surface area contributed by atoms with Crippen LogP contribution in [0, 0.1) is 0 Å². The summed E-state index contributed by atoms with van der Waals surface area (Å²) in [5.74, 6) is 0.481. The molecule has 3 heteroatoms. The summed E-state index contributed by atoms with van der Waals surface area (Å²) in [5, 5.41) is 11.7. The summed E-state index contributed by atoms with van der Waals surface area (Å²) in [7, 11) is 0.491. The predicted molar refractivity (Wildman–Crippen MR) is 69.7 cm³/mol. The van der Waals surface area contributed by atoms with E-state index in [1.165, 1.54) is 0 Å². The van der Waals surface area contributed by atoms with Gasteiger partial charge in [-0.3, -0.25) is 0 Å². The second-order valence-electron chi connectivity index (χ2n) is 3.59. The first-order chi connectivity index (χ1) is 7.81. The SMILES string of the molecule is CPC(O)COc1cccc2ccccc12. The van der Waals surface area contributed by atoms with Crippen molar-refractivity contribution in [3.05, 3.63) is 42.5 Å². The number of rotatable bonds is 4. The highest BCUT2D eigenvalue weighted by Crippen LogP contribution is 2.25. The van der Waals surface area contributed by atoms with Crippen molar-refractivity contribution in [2.24, 2.45) is 0 Å². The van der Waals surface area contributed by atoms with Crippen molar-refractivity contribution in [1.29, 1.82) is 0 Å². The van der Waals surface area contributed by atoms with Crippen molar-refractivity contribution < 1.29 is 9.84 Å². The van der Waals surface area contributed by atoms with Crippen molar-refractivity contribution in [2.45, 2.75) is 5.85 Å². The molecule has 2 unspecified atom stereocenters. The Bertz CT molecular complexity index is 465. The van der Waals surface area contributed by atoms with Crippen LogP contribution in [0.3, 0.4) is 0 Å². The molecule has 2 atom stereocenters. The summed E-state index contributed by atoms with van der Waals surface area (Å²) in [6, 6.07) is 14.1. The van der Waals surface area contributed by atoms with Gasteiger partial charge in [0.2, 0.25) is 0 Å². The number of hydrogen-bond acceptors (Lipinski definition) is 2. The molecule has 16 heavy (non-hydrogen) atoms. The van der Waals surface area contributed by atoms with Crippen LogP contribution in [0.15, 0.2) is 42.5 Å². The third-order valence-corrected chi connectivity index (χ3v) is 3.31. The van der Waals surface area contributed by atoms with E-state index in [9.17, 15) is 5.11 Å². The van der Waals surface area contributed by atoms with Gasteiger partial charge in [-0.1, -0.05) is 45.0 Å². The first-order valence-corrected chi connectivity index (χ1v) is 6.85. The molecule has 2 nitrogen and oxygen atoms in total. The lowest BCUT2D eigenvalue weighted by molar-refractivity contribution is 0.174. The third-order valence-electron chi connectivity index (χ3n) is 2.48. The van der Waals surface area contributed by atoms with Crippen LogP contribution in [0.1, 0.15) is 0 Å². The smallest absolute Gasteiger partial charge is 0.127 e. The molecule has 0 bridgehead atoms. The maximum Gasteiger partial charge on any atom is 0.127 e. The molecule has 2 aromatic rings. The molecule has 0 saturated heterocycles. The van der Waals surface area contributed by atoms with E-state index in [-0.39, 0.29) is 5.85 Å². The standard InChI is InChI=1S/C13H15O2P/c1-16-13(14)9-15-12-8-4-6-10-5-2-3-7-11(10)12/h2-8,13-14,16H,9H2,1H3. The maximum atomic E-state index is 9.48. The molecule has 0 aliphatic rings. The van der Waals surface area contributed by atoms with Gasteiger partial charge in [-0.25, -0.2) is 0 Å². The molecule has 0 saturated carbocycles. The highest BCUT2D eigenvalue weighted by Gasteiger charge is 2.04. The van der Waals surface area contributed by atoms with E-state index in [0.717, 1.165) is 16.5 Å². The zero-order chi connectivity index (χ0) is 11.4. The van der Waals surface area contributed by atoms with E-state index in [4.69, 9.17) is 4.74 Å². The van der Waals surface area contributed by atoms with E-state index in [0.29, 0.717) is 15.2 Å². The van der Waals surface area contributed by atoms with Crippen LogP contribution in [0.25, 0.3) is 10.8 Å². The van der Waals surface area contributed by atoms with Gasteiger partial charge >= 0.3 is 0 Å². The summed E-state index contributed by atoms with van der Waals surface area (Å²) in [6.07, 6.45) is 0. The average Bonchev–Trinajstić information content (AvgIpc) is 2.35. The molecule has 0 aliphatic carbocycles. The van der Waals surface area contributed by atoms with Crippen LogP contribution in [0.2, 0.25) is 0 Å². The highest BCUT2D eigenvalue weighted by atomic mass is 31.1. The molecule has 0 aromatic heterocycles. The fourth-order valence-corrected chi connectivity index (χ4v) is 1.82. The Morgan fingerprint density at radius 1 is 1.19 bits per heavy atom.